The highest BCUT2D eigenvalue weighted by Gasteiger charge is 2.26. The third-order valence-electron chi connectivity index (χ3n) is 7.38. The van der Waals surface area contributed by atoms with Gasteiger partial charge in [-0.3, -0.25) is 0 Å². The van der Waals surface area contributed by atoms with Gasteiger partial charge in [0.25, 0.3) is 0 Å². The highest BCUT2D eigenvalue weighted by Crippen LogP contribution is 2.21. The first-order chi connectivity index (χ1) is 22.1. The Morgan fingerprint density at radius 3 is 2.42 bits per heavy atom. The second-order valence-electron chi connectivity index (χ2n) is 10.7. The van der Waals surface area contributed by atoms with Gasteiger partial charge in [-0.1, -0.05) is 66.7 Å². The molecule has 0 bridgehead atoms. The van der Waals surface area contributed by atoms with E-state index in [1.807, 2.05) is 78.9 Å². The van der Waals surface area contributed by atoms with Crippen LogP contribution in [-0.2, 0) is 40.3 Å². The third-order valence-corrected chi connectivity index (χ3v) is 7.38. The number of aryl methyl sites for hydroxylation is 1. The van der Waals surface area contributed by atoms with Crippen LogP contribution < -0.4 is 20.7 Å². The molecule has 0 aliphatic carbocycles. The Morgan fingerprint density at radius 2 is 1.69 bits per heavy atom. The molecule has 5 N–H and O–H groups in total. The molecule has 10 nitrogen and oxygen atoms in total. The lowest BCUT2D eigenvalue weighted by Gasteiger charge is -2.18. The number of quaternary nitrogens is 1. The maximum atomic E-state index is 13.1. The summed E-state index contributed by atoms with van der Waals surface area (Å²) in [5, 5.41) is 15.8. The van der Waals surface area contributed by atoms with E-state index in [-0.39, 0.29) is 19.8 Å². The molecular weight excluding hydrogens is 570 g/mol. The molecule has 0 spiro atoms. The summed E-state index contributed by atoms with van der Waals surface area (Å²) in [6.45, 7) is 1.66. The summed E-state index contributed by atoms with van der Waals surface area (Å²) in [6.07, 6.45) is 3.33. The van der Waals surface area contributed by atoms with Gasteiger partial charge in [0, 0.05) is 30.9 Å². The molecule has 0 fully saturated rings. The molecular formula is C35H38N5O5+. The topological polar surface area (TPSA) is 139 Å². The van der Waals surface area contributed by atoms with Crippen molar-refractivity contribution >= 4 is 29.8 Å². The first-order valence-corrected chi connectivity index (χ1v) is 15.1. The van der Waals surface area contributed by atoms with Gasteiger partial charge in [-0.2, -0.15) is 0 Å². The second kappa shape index (κ2) is 16.0. The van der Waals surface area contributed by atoms with Crippen molar-refractivity contribution in [2.24, 2.45) is 0 Å². The number of hydrogen-bond donors (Lipinski definition) is 4. The molecule has 2 heterocycles. The standard InChI is InChI=1S/C35H37N5O5/c36-21-28-20-30(43-19-17-29-14-13-27-12-7-18-37-33(27)39-29)15-16-31(28)38-22-32(34(41)44-23-25-8-3-1-4-9-25)40-35(42)45-24-26-10-5-2-6-11-26/h1-6,8-11,13-16,20-21,32,36,38H,7,12,17-19,22-24H2,(H,37,39)(H,40,42)/p+1. The molecule has 45 heavy (non-hydrogen) atoms. The van der Waals surface area contributed by atoms with Crippen molar-refractivity contribution in [2.75, 3.05) is 25.0 Å². The number of benzene rings is 3. The highest BCUT2D eigenvalue weighted by molar-refractivity contribution is 5.84. The van der Waals surface area contributed by atoms with Crippen LogP contribution in [0.3, 0.4) is 0 Å². The number of carbonyl (C=O) groups excluding carboxylic acids is 2. The number of pyridine rings is 1. The second-order valence-corrected chi connectivity index (χ2v) is 10.7. The van der Waals surface area contributed by atoms with E-state index in [2.05, 4.69) is 16.7 Å². The van der Waals surface area contributed by atoms with E-state index in [9.17, 15) is 9.59 Å². The molecule has 1 aliphatic rings. The van der Waals surface area contributed by atoms with Gasteiger partial charge in [-0.15, -0.1) is 0 Å². The number of anilines is 1. The van der Waals surface area contributed by atoms with E-state index in [0.717, 1.165) is 47.7 Å². The van der Waals surface area contributed by atoms with E-state index >= 15 is 0 Å². The number of nitrogens with one attached hydrogen (secondary N) is 3. The van der Waals surface area contributed by atoms with Gasteiger partial charge < -0.3 is 35.6 Å². The van der Waals surface area contributed by atoms with Crippen molar-refractivity contribution in [3.63, 3.8) is 0 Å². The average Bonchev–Trinajstić information content (AvgIpc) is 3.09. The summed E-state index contributed by atoms with van der Waals surface area (Å²) in [5.41, 5.74) is 5.21. The molecule has 4 aromatic rings. The number of alkyl carbamates (subject to hydrolysis) is 1. The lowest BCUT2D eigenvalue weighted by Crippen LogP contribution is -2.83. The highest BCUT2D eigenvalue weighted by atomic mass is 16.6. The number of amides is 1. The van der Waals surface area contributed by atoms with E-state index < -0.39 is 18.1 Å². The molecule has 1 aliphatic heterocycles. The fraction of sp³-hybridized carbons (Fsp3) is 0.257. The zero-order chi connectivity index (χ0) is 31.3. The molecule has 3 aromatic carbocycles. The van der Waals surface area contributed by atoms with Gasteiger partial charge in [0.1, 0.15) is 37.0 Å². The normalized spacial score (nSPS) is 12.6. The molecule has 1 amide bonds. The number of nitrogens with two attached hydrogens (primary N) is 1. The predicted molar refractivity (Wildman–Crippen MR) is 171 cm³/mol. The van der Waals surface area contributed by atoms with Crippen molar-refractivity contribution in [1.82, 2.24) is 10.3 Å². The van der Waals surface area contributed by atoms with Gasteiger partial charge in [-0.05, 0) is 47.7 Å². The monoisotopic (exact) mass is 608 g/mol. The molecule has 232 valence electrons. The van der Waals surface area contributed by atoms with Crippen LogP contribution in [0.15, 0.2) is 91.0 Å². The maximum absolute atomic E-state index is 13.1. The molecule has 1 atom stereocenters. The number of hydrogen-bond acceptors (Lipinski definition) is 8. The Hall–Kier alpha value is -5.22. The number of fused-ring (bicyclic) bond motifs is 1. The van der Waals surface area contributed by atoms with Gasteiger partial charge >= 0.3 is 12.1 Å². The lowest BCUT2D eigenvalue weighted by atomic mass is 10.1. The minimum absolute atomic E-state index is 0.0704. The number of nitrogens with zero attached hydrogens (tertiary/aromatic N) is 1. The molecule has 0 radical (unpaired) electrons. The van der Waals surface area contributed by atoms with Crippen LogP contribution >= 0.6 is 0 Å². The van der Waals surface area contributed by atoms with Crippen LogP contribution in [0, 0.1) is 5.41 Å². The minimum Gasteiger partial charge on any atom is -0.493 e. The number of aromatic nitrogens is 1. The van der Waals surface area contributed by atoms with Crippen molar-refractivity contribution < 1.29 is 29.1 Å². The quantitative estimate of drug-likeness (QED) is 0.0952. The first-order valence-electron chi connectivity index (χ1n) is 15.1. The van der Waals surface area contributed by atoms with Crippen LogP contribution in [-0.4, -0.2) is 49.0 Å². The smallest absolute Gasteiger partial charge is 0.408 e. The average molecular weight is 609 g/mol. The Labute approximate surface area is 262 Å². The number of rotatable bonds is 14. The molecule has 1 aromatic heterocycles. The predicted octanol–water partition coefficient (Wildman–Crippen LogP) is 4.29. The zero-order valence-corrected chi connectivity index (χ0v) is 25.0. The molecule has 5 rings (SSSR count). The van der Waals surface area contributed by atoms with Gasteiger partial charge in [-0.25, -0.2) is 14.6 Å². The van der Waals surface area contributed by atoms with Crippen molar-refractivity contribution in [3.8, 4) is 5.75 Å². The van der Waals surface area contributed by atoms with Gasteiger partial charge in [0.15, 0.2) is 6.04 Å². The minimum atomic E-state index is -0.995. The van der Waals surface area contributed by atoms with Crippen LogP contribution in [0.2, 0.25) is 0 Å². The number of carbonyl (C=O) groups is 2. The Bertz CT molecular complexity index is 1580. The van der Waals surface area contributed by atoms with Crippen LogP contribution in [0.5, 0.6) is 5.75 Å². The van der Waals surface area contributed by atoms with E-state index in [4.69, 9.17) is 24.6 Å². The molecule has 1 unspecified atom stereocenters. The number of ether oxygens (including phenoxy) is 3. The van der Waals surface area contributed by atoms with Crippen molar-refractivity contribution in [2.45, 2.75) is 38.5 Å². The summed E-state index contributed by atoms with van der Waals surface area (Å²) in [7, 11) is 0. The van der Waals surface area contributed by atoms with Crippen molar-refractivity contribution in [3.05, 3.63) is 119 Å². The van der Waals surface area contributed by atoms with Crippen LogP contribution in [0.4, 0.5) is 16.3 Å². The van der Waals surface area contributed by atoms with Gasteiger partial charge in [0.05, 0.1) is 12.2 Å². The third kappa shape index (κ3) is 9.38. The zero-order valence-electron chi connectivity index (χ0n) is 25.0. The summed E-state index contributed by atoms with van der Waals surface area (Å²) < 4.78 is 16.9. The first kappa shape index (κ1) is 31.2. The maximum Gasteiger partial charge on any atom is 0.408 e. The SMILES string of the molecule is N=Cc1cc(OCCc2ccc3c(n2)NCCC3)ccc1[NH2+]CC(NC(=O)OCc1ccccc1)C(=O)OCc1ccccc1. The fourth-order valence-electron chi connectivity index (χ4n) is 4.93. The van der Waals surface area contributed by atoms with Gasteiger partial charge in [0.2, 0.25) is 0 Å². The van der Waals surface area contributed by atoms with Crippen LogP contribution in [0.1, 0.15) is 34.4 Å². The molecule has 0 saturated heterocycles. The van der Waals surface area contributed by atoms with Crippen molar-refractivity contribution in [1.29, 1.82) is 5.41 Å². The van der Waals surface area contributed by atoms with Crippen LogP contribution in [0.25, 0.3) is 0 Å². The molecule has 10 heteroatoms. The summed E-state index contributed by atoms with van der Waals surface area (Å²) >= 11 is 0. The fourth-order valence-corrected chi connectivity index (χ4v) is 4.93. The number of esters is 1. The Balaban J connectivity index is 1.18. The van der Waals surface area contributed by atoms with E-state index in [1.165, 1.54) is 11.8 Å². The lowest BCUT2D eigenvalue weighted by molar-refractivity contribution is -0.572. The molecule has 0 saturated carbocycles. The Kier molecular flexibility index (Phi) is 11.1. The summed E-state index contributed by atoms with van der Waals surface area (Å²) in [6, 6.07) is 27.2. The van der Waals surface area contributed by atoms with E-state index in [1.54, 1.807) is 11.4 Å². The Morgan fingerprint density at radius 1 is 0.956 bits per heavy atom. The largest absolute Gasteiger partial charge is 0.493 e. The summed E-state index contributed by atoms with van der Waals surface area (Å²) in [4.78, 5) is 30.4. The summed E-state index contributed by atoms with van der Waals surface area (Å²) in [5.74, 6) is 1.00. The van der Waals surface area contributed by atoms with E-state index in [0.29, 0.717) is 24.3 Å².